The van der Waals surface area contributed by atoms with E-state index in [1.165, 1.54) is 6.92 Å². The first-order valence-corrected chi connectivity index (χ1v) is 5.90. The molecule has 0 aliphatic rings. The van der Waals surface area contributed by atoms with Crippen molar-refractivity contribution in [2.24, 2.45) is 0 Å². The molecule has 1 N–H and O–H groups in total. The van der Waals surface area contributed by atoms with E-state index in [1.807, 2.05) is 6.92 Å². The standard InChI is InChI=1S/C10H14O4.C4H6O2/c1-3-4-7-14-10(13)8(2)5-6-9(11)12;1-3-6-4(2)5/h5-6H,2-4,7H2,1H3,(H,11,12);3H,1H2,2H3. The minimum atomic E-state index is -1.12. The van der Waals surface area contributed by atoms with Gasteiger partial charge in [-0.1, -0.05) is 26.5 Å². The molecule has 112 valence electrons. The van der Waals surface area contributed by atoms with E-state index in [0.717, 1.165) is 31.3 Å². The second kappa shape index (κ2) is 13.1. The molecule has 0 radical (unpaired) electrons. The van der Waals surface area contributed by atoms with Crippen LogP contribution < -0.4 is 0 Å². The van der Waals surface area contributed by atoms with Gasteiger partial charge in [0.15, 0.2) is 0 Å². The SMILES string of the molecule is C=C(C=CC(=O)O)C(=O)OCCCC.C=COC(C)=O. The van der Waals surface area contributed by atoms with Crippen molar-refractivity contribution < 1.29 is 29.0 Å². The van der Waals surface area contributed by atoms with Crippen LogP contribution in [-0.2, 0) is 23.9 Å². The molecule has 0 saturated carbocycles. The molecule has 6 heteroatoms. The van der Waals surface area contributed by atoms with Gasteiger partial charge in [0.1, 0.15) is 0 Å². The summed E-state index contributed by atoms with van der Waals surface area (Å²) >= 11 is 0. The largest absolute Gasteiger partial charge is 0.478 e. The zero-order valence-corrected chi connectivity index (χ0v) is 11.8. The van der Waals surface area contributed by atoms with E-state index in [4.69, 9.17) is 9.84 Å². The van der Waals surface area contributed by atoms with E-state index in [-0.39, 0.29) is 11.5 Å². The number of hydrogen-bond acceptors (Lipinski definition) is 5. The van der Waals surface area contributed by atoms with Crippen molar-refractivity contribution in [2.45, 2.75) is 26.7 Å². The van der Waals surface area contributed by atoms with E-state index in [1.54, 1.807) is 0 Å². The number of carbonyl (C=O) groups excluding carboxylic acids is 2. The number of carboxylic acids is 1. The molecule has 20 heavy (non-hydrogen) atoms. The molecule has 0 aliphatic carbocycles. The van der Waals surface area contributed by atoms with Crippen LogP contribution >= 0.6 is 0 Å². The maximum absolute atomic E-state index is 11.1. The molecular formula is C14H20O6. The second-order valence-electron chi connectivity index (χ2n) is 3.46. The Morgan fingerprint density at radius 2 is 1.85 bits per heavy atom. The van der Waals surface area contributed by atoms with Gasteiger partial charge in [-0.2, -0.15) is 0 Å². The normalized spacial score (nSPS) is 9.10. The molecule has 6 nitrogen and oxygen atoms in total. The van der Waals surface area contributed by atoms with Crippen molar-refractivity contribution in [3.63, 3.8) is 0 Å². The van der Waals surface area contributed by atoms with E-state index in [2.05, 4.69) is 17.9 Å². The molecule has 0 aromatic carbocycles. The monoisotopic (exact) mass is 284 g/mol. The summed E-state index contributed by atoms with van der Waals surface area (Å²) in [6, 6.07) is 0. The highest BCUT2D eigenvalue weighted by Crippen LogP contribution is 1.98. The Balaban J connectivity index is 0. The summed E-state index contributed by atoms with van der Waals surface area (Å²) in [6.07, 6.45) is 4.80. The molecule has 0 spiro atoms. The third-order valence-corrected chi connectivity index (χ3v) is 1.67. The first-order valence-electron chi connectivity index (χ1n) is 5.90. The number of rotatable bonds is 7. The number of carboxylic acid groups (broad SMARTS) is 1. The highest BCUT2D eigenvalue weighted by molar-refractivity contribution is 5.93. The first-order chi connectivity index (χ1) is 9.34. The smallest absolute Gasteiger partial charge is 0.337 e. The Hall–Kier alpha value is -2.37. The summed E-state index contributed by atoms with van der Waals surface area (Å²) in [4.78, 5) is 30.9. The molecule has 0 bridgehead atoms. The van der Waals surface area contributed by atoms with Crippen LogP contribution in [0.3, 0.4) is 0 Å². The third-order valence-electron chi connectivity index (χ3n) is 1.67. The molecule has 0 unspecified atom stereocenters. The van der Waals surface area contributed by atoms with Gasteiger partial charge in [-0.25, -0.2) is 9.59 Å². The Morgan fingerprint density at radius 1 is 1.25 bits per heavy atom. The number of aliphatic carboxylic acids is 1. The highest BCUT2D eigenvalue weighted by Gasteiger charge is 2.04. The average molecular weight is 284 g/mol. The van der Waals surface area contributed by atoms with Gasteiger partial charge in [0.05, 0.1) is 18.4 Å². The predicted molar refractivity (Wildman–Crippen MR) is 73.7 cm³/mol. The molecule has 0 aromatic heterocycles. The summed E-state index contributed by atoms with van der Waals surface area (Å²) in [5.41, 5.74) is 0.0449. The van der Waals surface area contributed by atoms with Gasteiger partial charge in [0.2, 0.25) is 0 Å². The summed E-state index contributed by atoms with van der Waals surface area (Å²) in [5.74, 6) is -2.02. The summed E-state index contributed by atoms with van der Waals surface area (Å²) in [5, 5.41) is 8.28. The Bertz CT molecular complexity index is 381. The summed E-state index contributed by atoms with van der Waals surface area (Å²) in [6.45, 7) is 10.2. The minimum Gasteiger partial charge on any atom is -0.478 e. The van der Waals surface area contributed by atoms with Crippen LogP contribution in [0.1, 0.15) is 26.7 Å². The number of unbranched alkanes of at least 4 members (excludes halogenated alkanes) is 1. The number of esters is 2. The van der Waals surface area contributed by atoms with Crippen LogP contribution in [0.2, 0.25) is 0 Å². The molecule has 0 amide bonds. The van der Waals surface area contributed by atoms with Crippen molar-refractivity contribution in [2.75, 3.05) is 6.61 Å². The maximum Gasteiger partial charge on any atom is 0.337 e. The van der Waals surface area contributed by atoms with E-state index in [9.17, 15) is 14.4 Å². The van der Waals surface area contributed by atoms with Crippen LogP contribution in [0.5, 0.6) is 0 Å². The van der Waals surface area contributed by atoms with Gasteiger partial charge in [0, 0.05) is 13.0 Å². The Morgan fingerprint density at radius 3 is 2.20 bits per heavy atom. The van der Waals surface area contributed by atoms with Crippen molar-refractivity contribution in [3.05, 3.63) is 37.1 Å². The predicted octanol–water partition coefficient (Wildman–Crippen LogP) is 2.22. The molecule has 0 fully saturated rings. The fourth-order valence-corrected chi connectivity index (χ4v) is 0.759. The Labute approximate surface area is 118 Å². The van der Waals surface area contributed by atoms with Crippen LogP contribution in [0.15, 0.2) is 37.1 Å². The lowest BCUT2D eigenvalue weighted by Crippen LogP contribution is -2.07. The first kappa shape index (κ1) is 20.0. The van der Waals surface area contributed by atoms with Gasteiger partial charge in [-0.05, 0) is 12.5 Å². The number of carbonyl (C=O) groups is 3. The molecule has 0 saturated heterocycles. The topological polar surface area (TPSA) is 89.9 Å². The lowest BCUT2D eigenvalue weighted by molar-refractivity contribution is -0.138. The molecule has 0 aliphatic heterocycles. The number of hydrogen-bond donors (Lipinski definition) is 1. The Kier molecular flexibility index (Phi) is 13.0. The quantitative estimate of drug-likeness (QED) is 0.253. The van der Waals surface area contributed by atoms with Crippen molar-refractivity contribution in [1.82, 2.24) is 0 Å². The van der Waals surface area contributed by atoms with Gasteiger partial charge in [-0.15, -0.1) is 0 Å². The number of ether oxygens (including phenoxy) is 2. The average Bonchev–Trinajstić information content (AvgIpc) is 2.36. The molecule has 0 aromatic rings. The molecular weight excluding hydrogens is 264 g/mol. The molecule has 0 rings (SSSR count). The third kappa shape index (κ3) is 15.6. The summed E-state index contributed by atoms with van der Waals surface area (Å²) in [7, 11) is 0. The van der Waals surface area contributed by atoms with E-state index in [0.29, 0.717) is 6.61 Å². The lowest BCUT2D eigenvalue weighted by atomic mass is 10.3. The van der Waals surface area contributed by atoms with Gasteiger partial charge < -0.3 is 14.6 Å². The highest BCUT2D eigenvalue weighted by atomic mass is 16.5. The second-order valence-corrected chi connectivity index (χ2v) is 3.46. The molecule has 0 heterocycles. The van der Waals surface area contributed by atoms with E-state index >= 15 is 0 Å². The minimum absolute atomic E-state index is 0.0449. The summed E-state index contributed by atoms with van der Waals surface area (Å²) < 4.78 is 8.96. The van der Waals surface area contributed by atoms with Crippen LogP contribution in [0, 0.1) is 0 Å². The van der Waals surface area contributed by atoms with Crippen molar-refractivity contribution in [3.8, 4) is 0 Å². The zero-order chi connectivity index (χ0) is 16.0. The zero-order valence-electron chi connectivity index (χ0n) is 11.8. The van der Waals surface area contributed by atoms with Gasteiger partial charge in [-0.3, -0.25) is 4.79 Å². The fraction of sp³-hybridized carbons (Fsp3) is 0.357. The van der Waals surface area contributed by atoms with Gasteiger partial charge in [0.25, 0.3) is 0 Å². The van der Waals surface area contributed by atoms with Crippen molar-refractivity contribution >= 4 is 17.9 Å². The van der Waals surface area contributed by atoms with Crippen LogP contribution in [0.4, 0.5) is 0 Å². The lowest BCUT2D eigenvalue weighted by Gasteiger charge is -2.02. The maximum atomic E-state index is 11.1. The van der Waals surface area contributed by atoms with Crippen LogP contribution in [0.25, 0.3) is 0 Å². The molecule has 0 atom stereocenters. The van der Waals surface area contributed by atoms with Crippen molar-refractivity contribution in [1.29, 1.82) is 0 Å². The fourth-order valence-electron chi connectivity index (χ4n) is 0.759. The van der Waals surface area contributed by atoms with Crippen LogP contribution in [-0.4, -0.2) is 29.6 Å². The van der Waals surface area contributed by atoms with E-state index < -0.39 is 11.9 Å². The van der Waals surface area contributed by atoms with Gasteiger partial charge >= 0.3 is 17.9 Å².